The molecule has 3 aromatic rings. The van der Waals surface area contributed by atoms with Crippen LogP contribution in [0.4, 0.5) is 0 Å². The summed E-state index contributed by atoms with van der Waals surface area (Å²) in [5, 5.41) is 0. The molecule has 0 radical (unpaired) electrons. The minimum Gasteiger partial charge on any atom is -0.494 e. The summed E-state index contributed by atoms with van der Waals surface area (Å²) in [5.74, 6) is 2.43. The van der Waals surface area contributed by atoms with Crippen LogP contribution >= 0.6 is 12.4 Å². The van der Waals surface area contributed by atoms with E-state index in [0.29, 0.717) is 25.4 Å². The van der Waals surface area contributed by atoms with Gasteiger partial charge in [-0.15, -0.1) is 12.4 Å². The molecule has 0 aliphatic rings. The molecule has 0 aliphatic heterocycles. The van der Waals surface area contributed by atoms with Crippen LogP contribution in [0.3, 0.4) is 0 Å². The summed E-state index contributed by atoms with van der Waals surface area (Å²) in [7, 11) is -7.74. The summed E-state index contributed by atoms with van der Waals surface area (Å²) in [6, 6.07) is 16.2. The van der Waals surface area contributed by atoms with Crippen LogP contribution in [-0.2, 0) is 19.7 Å². The van der Waals surface area contributed by atoms with Gasteiger partial charge in [0.2, 0.25) is 0 Å². The van der Waals surface area contributed by atoms with E-state index in [9.17, 15) is 21.6 Å². The van der Waals surface area contributed by atoms with Crippen LogP contribution < -0.4 is 24.9 Å². The van der Waals surface area contributed by atoms with E-state index in [2.05, 4.69) is 24.6 Å². The Morgan fingerprint density at radius 3 is 1.47 bits per heavy atom. The van der Waals surface area contributed by atoms with E-state index >= 15 is 0 Å². The SMILES string of the molecule is CCOc1cc(C(CS(C)(=O)=O)N[Si](C)(C)C)ccc1C.CCOc1cc(C(N)CS(C)(=O)=O)ccc1C.CCOc1cc(C=O)ccc1C.Cl. The van der Waals surface area contributed by atoms with Crippen molar-refractivity contribution >= 4 is 46.6 Å². The summed E-state index contributed by atoms with van der Waals surface area (Å²) in [5.41, 5.74) is 11.4. The molecule has 0 bridgehead atoms. The molecule has 0 fully saturated rings. The molecule has 0 heterocycles. The Labute approximate surface area is 314 Å². The third-order valence-corrected chi connectivity index (χ3v) is 10.2. The number of carbonyl (C=O) groups excluding carboxylic acids is 1. The number of carbonyl (C=O) groups is 1. The normalized spacial score (nSPS) is 12.5. The number of aryl methyl sites for hydroxylation is 3. The molecule has 288 valence electrons. The highest BCUT2D eigenvalue weighted by molar-refractivity contribution is 7.90. The highest BCUT2D eigenvalue weighted by Crippen LogP contribution is 2.26. The fourth-order valence-electron chi connectivity index (χ4n) is 4.77. The summed E-state index contributed by atoms with van der Waals surface area (Å²) in [4.78, 5) is 13.9. The van der Waals surface area contributed by atoms with Gasteiger partial charge in [-0.2, -0.15) is 0 Å². The van der Waals surface area contributed by atoms with Crippen molar-refractivity contribution in [2.45, 2.75) is 73.3 Å². The van der Waals surface area contributed by atoms with Crippen LogP contribution in [0, 0.1) is 20.8 Å². The number of nitrogens with one attached hydrogen (secondary N) is 1. The van der Waals surface area contributed by atoms with Gasteiger partial charge in [0.1, 0.15) is 51.4 Å². The predicted molar refractivity (Wildman–Crippen MR) is 215 cm³/mol. The Morgan fingerprint density at radius 1 is 0.686 bits per heavy atom. The van der Waals surface area contributed by atoms with Crippen LogP contribution in [0.1, 0.15) is 71.0 Å². The number of halogens is 1. The standard InChI is InChI=1S/C15H27NO3SSi.C12H19NO3S.C10H12O2.ClH/c1-7-19-15-10-13(9-8-12(15)2)14(11-20(3,17)18)16-21(4,5)6;1-4-16-12-7-10(6-5-9(12)2)11(13)8-17(3,14)15;1-3-12-10-6-9(7-11)5-4-8(10)2;/h8-10,14,16H,7,11H2,1-6H3;5-7,11H,4,8,13H2,1-3H3;4-7H,3H2,1-2H3;1H. The van der Waals surface area contributed by atoms with Crippen molar-refractivity contribution in [2.75, 3.05) is 43.8 Å². The van der Waals surface area contributed by atoms with Gasteiger partial charge in [-0.3, -0.25) is 4.79 Å². The maximum absolute atomic E-state index is 11.7. The van der Waals surface area contributed by atoms with Crippen LogP contribution in [0.5, 0.6) is 17.2 Å². The third kappa shape index (κ3) is 19.5. The van der Waals surface area contributed by atoms with Crippen LogP contribution in [0.15, 0.2) is 54.6 Å². The van der Waals surface area contributed by atoms with E-state index in [1.807, 2.05) is 84.0 Å². The third-order valence-electron chi connectivity index (χ3n) is 7.06. The van der Waals surface area contributed by atoms with Gasteiger partial charge in [0.25, 0.3) is 0 Å². The molecular formula is C37H59ClN2O8S2Si. The largest absolute Gasteiger partial charge is 0.494 e. The molecule has 51 heavy (non-hydrogen) atoms. The monoisotopic (exact) mass is 786 g/mol. The Hall–Kier alpha value is -2.94. The Kier molecular flexibility index (Phi) is 20.9. The summed E-state index contributed by atoms with van der Waals surface area (Å²) in [6.07, 6.45) is 3.29. The van der Waals surface area contributed by atoms with E-state index < -0.39 is 34.0 Å². The van der Waals surface area contributed by atoms with Gasteiger partial charge in [0, 0.05) is 30.2 Å². The van der Waals surface area contributed by atoms with Gasteiger partial charge in [0.05, 0.1) is 31.3 Å². The zero-order chi connectivity index (χ0) is 38.3. The average Bonchev–Trinajstić information content (AvgIpc) is 2.99. The van der Waals surface area contributed by atoms with Gasteiger partial charge < -0.3 is 24.9 Å². The molecule has 3 N–H and O–H groups in total. The minimum atomic E-state index is -3.07. The number of hydrogen-bond acceptors (Lipinski definition) is 10. The number of ether oxygens (including phenoxy) is 3. The molecule has 2 unspecified atom stereocenters. The van der Waals surface area contributed by atoms with Crippen LogP contribution in [0.2, 0.25) is 19.6 Å². The average molecular weight is 788 g/mol. The van der Waals surface area contributed by atoms with Gasteiger partial charge in [0.15, 0.2) is 0 Å². The molecule has 0 saturated carbocycles. The molecule has 10 nitrogen and oxygen atoms in total. The van der Waals surface area contributed by atoms with E-state index in [1.54, 1.807) is 12.1 Å². The summed E-state index contributed by atoms with van der Waals surface area (Å²) < 4.78 is 62.2. The van der Waals surface area contributed by atoms with Crippen LogP contribution in [-0.4, -0.2) is 75.2 Å². The molecule has 0 aromatic heterocycles. The van der Waals surface area contributed by atoms with E-state index in [0.717, 1.165) is 51.4 Å². The lowest BCUT2D eigenvalue weighted by molar-refractivity contribution is 0.112. The van der Waals surface area contributed by atoms with E-state index in [1.165, 1.54) is 12.5 Å². The van der Waals surface area contributed by atoms with Crippen molar-refractivity contribution in [1.29, 1.82) is 0 Å². The van der Waals surface area contributed by atoms with Crippen molar-refractivity contribution in [3.8, 4) is 17.2 Å². The van der Waals surface area contributed by atoms with Crippen molar-refractivity contribution < 1.29 is 35.8 Å². The number of rotatable bonds is 15. The highest BCUT2D eigenvalue weighted by Gasteiger charge is 2.24. The molecule has 0 amide bonds. The first-order valence-electron chi connectivity index (χ1n) is 16.7. The van der Waals surface area contributed by atoms with Gasteiger partial charge in [-0.25, -0.2) is 16.8 Å². The second-order valence-electron chi connectivity index (χ2n) is 13.2. The van der Waals surface area contributed by atoms with Crippen molar-refractivity contribution in [1.82, 2.24) is 4.98 Å². The number of sulfone groups is 2. The second-order valence-corrected chi connectivity index (χ2v) is 22.4. The first-order chi connectivity index (χ1) is 23.1. The predicted octanol–water partition coefficient (Wildman–Crippen LogP) is 6.97. The number of nitrogens with two attached hydrogens (primary N) is 1. The number of benzene rings is 3. The molecule has 0 saturated heterocycles. The van der Waals surface area contributed by atoms with E-state index in [-0.39, 0.29) is 30.0 Å². The molecule has 14 heteroatoms. The molecule has 2 atom stereocenters. The van der Waals surface area contributed by atoms with Gasteiger partial charge in [-0.1, -0.05) is 56.0 Å². The Balaban J connectivity index is 0.000000754. The summed E-state index contributed by atoms with van der Waals surface area (Å²) in [6.45, 7) is 20.0. The lowest BCUT2D eigenvalue weighted by Crippen LogP contribution is -2.45. The van der Waals surface area contributed by atoms with Crippen molar-refractivity contribution in [2.24, 2.45) is 5.73 Å². The maximum Gasteiger partial charge on any atom is 0.150 e. The van der Waals surface area contributed by atoms with Gasteiger partial charge >= 0.3 is 0 Å². The zero-order valence-corrected chi connectivity index (χ0v) is 35.5. The molecule has 3 rings (SSSR count). The lowest BCUT2D eigenvalue weighted by Gasteiger charge is -2.27. The lowest BCUT2D eigenvalue weighted by atomic mass is 10.1. The first kappa shape index (κ1) is 48.1. The maximum atomic E-state index is 11.7. The smallest absolute Gasteiger partial charge is 0.150 e. The Morgan fingerprint density at radius 2 is 1.08 bits per heavy atom. The topological polar surface area (TPSA) is 151 Å². The Bertz CT molecular complexity index is 1750. The fraction of sp³-hybridized carbons (Fsp3) is 0.486. The van der Waals surface area contributed by atoms with E-state index in [4.69, 9.17) is 19.9 Å². The molecule has 0 aliphatic carbocycles. The molecule has 3 aromatic carbocycles. The first-order valence-corrected chi connectivity index (χ1v) is 24.3. The van der Waals surface area contributed by atoms with Crippen molar-refractivity contribution in [3.05, 3.63) is 88.0 Å². The second kappa shape index (κ2) is 22.2. The quantitative estimate of drug-likeness (QED) is 0.122. The van der Waals surface area contributed by atoms with Crippen LogP contribution in [0.25, 0.3) is 0 Å². The zero-order valence-electron chi connectivity index (χ0n) is 32.0. The van der Waals surface area contributed by atoms with Crippen molar-refractivity contribution in [3.63, 3.8) is 0 Å². The number of aldehydes is 1. The van der Waals surface area contributed by atoms with Gasteiger partial charge in [-0.05, 0) is 87.6 Å². The highest BCUT2D eigenvalue weighted by atomic mass is 35.5. The number of hydrogen-bond donors (Lipinski definition) is 2. The molecule has 0 spiro atoms. The molecular weight excluding hydrogens is 728 g/mol. The fourth-order valence-corrected chi connectivity index (χ4v) is 7.96. The summed E-state index contributed by atoms with van der Waals surface area (Å²) >= 11 is 0. The minimum absolute atomic E-state index is 0.